The Morgan fingerprint density at radius 3 is 1.11 bits per heavy atom. The molecule has 0 aliphatic rings. The summed E-state index contributed by atoms with van der Waals surface area (Å²) in [6, 6.07) is 0. The van der Waals surface area contributed by atoms with Crippen LogP contribution in [0.2, 0.25) is 26.2 Å². The molecule has 0 unspecified atom stereocenters. The van der Waals surface area contributed by atoms with Gasteiger partial charge in [-0.05, 0) is 26.2 Å². The predicted molar refractivity (Wildman–Crippen MR) is 66.9 cm³/mol. The molecule has 0 aromatic heterocycles. The molecule has 58 valence electrons. The minimum atomic E-state index is -0.667. The highest BCUT2D eigenvalue weighted by Crippen LogP contribution is 1.89. The van der Waals surface area contributed by atoms with E-state index in [0.717, 1.165) is 0 Å². The summed E-state index contributed by atoms with van der Waals surface area (Å²) in [5, 5.41) is 0. The van der Waals surface area contributed by atoms with Gasteiger partial charge < -0.3 is 4.12 Å². The average Bonchev–Trinajstić information content (AvgIpc) is 1.68. The molecular weight excluding hydrogens is 374 g/mol. The highest BCUT2D eigenvalue weighted by molar-refractivity contribution is 15.0. The fourth-order valence-electron chi connectivity index (χ4n) is 0.544. The second kappa shape index (κ2) is 9.85. The van der Waals surface area contributed by atoms with Gasteiger partial charge in [0.1, 0.15) is 0 Å². The molecule has 9 heavy (non-hydrogen) atoms. The monoisotopic (exact) mass is 388 g/mol. The molecule has 1 nitrogen and oxygen atoms in total. The summed E-state index contributed by atoms with van der Waals surface area (Å²) in [6.07, 6.45) is 0. The van der Waals surface area contributed by atoms with Crippen molar-refractivity contribution in [2.75, 3.05) is 0 Å². The van der Waals surface area contributed by atoms with Crippen molar-refractivity contribution in [3.05, 3.63) is 0 Å². The minimum absolute atomic E-state index is 0.667. The van der Waals surface area contributed by atoms with Gasteiger partial charge in [0.15, 0.2) is 18.1 Å². The summed E-state index contributed by atoms with van der Waals surface area (Å²) in [7, 11) is -1.33. The SMILES string of the molecule is C[SiH](C)O[SiH](C)C.II. The van der Waals surface area contributed by atoms with E-state index in [2.05, 4.69) is 63.4 Å². The summed E-state index contributed by atoms with van der Waals surface area (Å²) in [4.78, 5) is 0. The first-order valence-electron chi connectivity index (χ1n) is 2.92. The lowest BCUT2D eigenvalue weighted by atomic mass is 11.9. The second-order valence-electron chi connectivity index (χ2n) is 2.23. The van der Waals surface area contributed by atoms with Gasteiger partial charge in [0.2, 0.25) is 0 Å². The zero-order chi connectivity index (χ0) is 7.86. The highest BCUT2D eigenvalue weighted by Gasteiger charge is 1.97. The van der Waals surface area contributed by atoms with Crippen LogP contribution in [0.5, 0.6) is 0 Å². The molecule has 5 heteroatoms. The number of halogens is 2. The Hall–Kier alpha value is 1.85. The van der Waals surface area contributed by atoms with Crippen molar-refractivity contribution in [3.8, 4) is 0 Å². The third-order valence-electron chi connectivity index (χ3n) is 0.544. The molecule has 0 radical (unpaired) electrons. The standard InChI is InChI=1S/C4H14OSi2.I2/c1-6(2)5-7(3)4;1-2/h6-7H,1-4H3;. The normalized spacial score (nSPS) is 9.33. The Balaban J connectivity index is 0. The van der Waals surface area contributed by atoms with Crippen molar-refractivity contribution in [3.63, 3.8) is 0 Å². The van der Waals surface area contributed by atoms with E-state index in [4.69, 9.17) is 4.12 Å². The molecule has 0 heterocycles. The zero-order valence-corrected chi connectivity index (χ0v) is 12.9. The summed E-state index contributed by atoms with van der Waals surface area (Å²) in [5.41, 5.74) is 0. The van der Waals surface area contributed by atoms with Gasteiger partial charge in [-0.15, -0.1) is 0 Å². The fraction of sp³-hybridized carbons (Fsp3) is 1.00. The van der Waals surface area contributed by atoms with E-state index >= 15 is 0 Å². The zero-order valence-electron chi connectivity index (χ0n) is 6.32. The quantitative estimate of drug-likeness (QED) is 0.522. The first-order valence-corrected chi connectivity index (χ1v) is 14.8. The molecule has 0 aromatic carbocycles. The average molecular weight is 388 g/mol. The van der Waals surface area contributed by atoms with E-state index in [1.807, 2.05) is 0 Å². The van der Waals surface area contributed by atoms with Crippen LogP contribution in [0, 0.1) is 0 Å². The van der Waals surface area contributed by atoms with E-state index in [-0.39, 0.29) is 0 Å². The second-order valence-corrected chi connectivity index (χ2v) is 7.52. The van der Waals surface area contributed by atoms with Gasteiger partial charge in [-0.3, -0.25) is 0 Å². The lowest BCUT2D eigenvalue weighted by molar-refractivity contribution is 0.608. The van der Waals surface area contributed by atoms with Crippen LogP contribution in [0.1, 0.15) is 0 Å². The molecule has 0 aliphatic carbocycles. The van der Waals surface area contributed by atoms with Crippen LogP contribution in [0.4, 0.5) is 0 Å². The van der Waals surface area contributed by atoms with Crippen LogP contribution < -0.4 is 0 Å². The van der Waals surface area contributed by atoms with Crippen LogP contribution in [-0.2, 0) is 4.12 Å². The molecule has 0 saturated heterocycles. The van der Waals surface area contributed by atoms with Crippen molar-refractivity contribution in [2.24, 2.45) is 0 Å². The van der Waals surface area contributed by atoms with Crippen LogP contribution in [0.25, 0.3) is 0 Å². The largest absolute Gasteiger partial charge is 0.461 e. The van der Waals surface area contributed by atoms with Crippen LogP contribution in [-0.4, -0.2) is 18.1 Å². The third kappa shape index (κ3) is 17.7. The van der Waals surface area contributed by atoms with E-state index in [0.29, 0.717) is 0 Å². The molecule has 0 bridgehead atoms. The Bertz CT molecular complexity index is 45.8. The lowest BCUT2D eigenvalue weighted by Crippen LogP contribution is -2.17. The van der Waals surface area contributed by atoms with Crippen molar-refractivity contribution in [1.82, 2.24) is 0 Å². The van der Waals surface area contributed by atoms with Gasteiger partial charge in [0, 0.05) is 37.2 Å². The van der Waals surface area contributed by atoms with E-state index in [9.17, 15) is 0 Å². The maximum absolute atomic E-state index is 5.53. The van der Waals surface area contributed by atoms with Gasteiger partial charge in [-0.1, -0.05) is 0 Å². The first kappa shape index (κ1) is 13.4. The number of rotatable bonds is 2. The molecule has 0 aromatic rings. The van der Waals surface area contributed by atoms with Crippen molar-refractivity contribution in [1.29, 1.82) is 0 Å². The Morgan fingerprint density at radius 1 is 0.889 bits per heavy atom. The number of hydrogen-bond acceptors (Lipinski definition) is 1. The topological polar surface area (TPSA) is 9.23 Å². The molecule has 0 spiro atoms. The van der Waals surface area contributed by atoms with E-state index in [1.165, 1.54) is 0 Å². The van der Waals surface area contributed by atoms with Gasteiger partial charge in [0.05, 0.1) is 0 Å². The maximum Gasteiger partial charge on any atom is 0.156 e. The van der Waals surface area contributed by atoms with Crippen molar-refractivity contribution >= 4 is 55.3 Å². The third-order valence-corrected chi connectivity index (χ3v) is 4.90. The van der Waals surface area contributed by atoms with Crippen molar-refractivity contribution < 1.29 is 4.12 Å². The Morgan fingerprint density at radius 2 is 1.11 bits per heavy atom. The summed E-state index contributed by atoms with van der Waals surface area (Å²) in [6.45, 7) is 8.86. The van der Waals surface area contributed by atoms with Crippen LogP contribution >= 0.6 is 37.2 Å². The Kier molecular flexibility index (Phi) is 14.7. The van der Waals surface area contributed by atoms with Crippen LogP contribution in [0.3, 0.4) is 0 Å². The molecule has 0 atom stereocenters. The summed E-state index contributed by atoms with van der Waals surface area (Å²) < 4.78 is 5.53. The number of hydrogen-bond donors (Lipinski definition) is 0. The van der Waals surface area contributed by atoms with Gasteiger partial charge >= 0.3 is 0 Å². The van der Waals surface area contributed by atoms with Crippen LogP contribution in [0.15, 0.2) is 0 Å². The van der Waals surface area contributed by atoms with E-state index < -0.39 is 18.1 Å². The lowest BCUT2D eigenvalue weighted by Gasteiger charge is -2.07. The minimum Gasteiger partial charge on any atom is -0.461 e. The summed E-state index contributed by atoms with van der Waals surface area (Å²) in [5.74, 6) is 0. The predicted octanol–water partition coefficient (Wildman–Crippen LogP) is 2.74. The fourth-order valence-corrected chi connectivity index (χ4v) is 4.90. The molecule has 0 aliphatic heterocycles. The van der Waals surface area contributed by atoms with Gasteiger partial charge in [0.25, 0.3) is 0 Å². The maximum atomic E-state index is 5.53. The summed E-state index contributed by atoms with van der Waals surface area (Å²) >= 11 is 4.24. The molecule has 0 rings (SSSR count). The van der Waals surface area contributed by atoms with Gasteiger partial charge in [-0.25, -0.2) is 0 Å². The van der Waals surface area contributed by atoms with E-state index in [1.54, 1.807) is 0 Å². The first-order chi connectivity index (χ1) is 4.13. The highest BCUT2D eigenvalue weighted by atomic mass is 128. The molecule has 0 amide bonds. The molecule has 0 fully saturated rings. The molecule has 0 N–H and O–H groups in total. The smallest absolute Gasteiger partial charge is 0.156 e. The van der Waals surface area contributed by atoms with Crippen molar-refractivity contribution in [2.45, 2.75) is 26.2 Å². The van der Waals surface area contributed by atoms with Gasteiger partial charge in [-0.2, -0.15) is 0 Å². The molecule has 0 saturated carbocycles. The Labute approximate surface area is 84.7 Å². The molecular formula is C4H14I2OSi2.